The van der Waals surface area contributed by atoms with Crippen molar-refractivity contribution in [1.82, 2.24) is 4.90 Å². The smallest absolute Gasteiger partial charge is 0.344 e. The maximum atomic E-state index is 12.8. The van der Waals surface area contributed by atoms with Crippen LogP contribution in [0.2, 0.25) is 0 Å². The van der Waals surface area contributed by atoms with Crippen LogP contribution in [0.15, 0.2) is 41.3 Å². The molecule has 9 nitrogen and oxygen atoms in total. The van der Waals surface area contributed by atoms with Gasteiger partial charge in [-0.05, 0) is 67.9 Å². The first kappa shape index (κ1) is 24.8. The van der Waals surface area contributed by atoms with Crippen LogP contribution in [-0.4, -0.2) is 52.8 Å². The molecule has 1 saturated heterocycles. The first-order valence-electron chi connectivity index (χ1n) is 10.3. The van der Waals surface area contributed by atoms with E-state index in [1.807, 2.05) is 26.0 Å². The quantitative estimate of drug-likeness (QED) is 0.542. The van der Waals surface area contributed by atoms with E-state index in [0.717, 1.165) is 27.8 Å². The van der Waals surface area contributed by atoms with Crippen LogP contribution in [0.3, 0.4) is 0 Å². The van der Waals surface area contributed by atoms with Gasteiger partial charge in [-0.3, -0.25) is 19.3 Å². The summed E-state index contributed by atoms with van der Waals surface area (Å²) in [4.78, 5) is 49.7. The maximum Gasteiger partial charge on any atom is 0.344 e. The van der Waals surface area contributed by atoms with Gasteiger partial charge < -0.3 is 19.9 Å². The minimum absolute atomic E-state index is 0.152. The number of amides is 3. The molecule has 0 radical (unpaired) electrons. The summed E-state index contributed by atoms with van der Waals surface area (Å²) in [6.07, 6.45) is 0.422. The number of anilines is 1. The lowest BCUT2D eigenvalue weighted by molar-refractivity contribution is -0.144. The van der Waals surface area contributed by atoms with E-state index in [-0.39, 0.29) is 16.4 Å². The van der Waals surface area contributed by atoms with E-state index in [4.69, 9.17) is 14.6 Å². The molecule has 2 aromatic carbocycles. The molecule has 0 saturated carbocycles. The molecule has 1 unspecified atom stereocenters. The van der Waals surface area contributed by atoms with Crippen molar-refractivity contribution >= 4 is 46.5 Å². The Balaban J connectivity index is 1.72. The fourth-order valence-electron chi connectivity index (χ4n) is 3.19. The summed E-state index contributed by atoms with van der Waals surface area (Å²) < 4.78 is 10.6. The van der Waals surface area contributed by atoms with Crippen LogP contribution >= 0.6 is 11.8 Å². The zero-order valence-electron chi connectivity index (χ0n) is 19.1. The van der Waals surface area contributed by atoms with Crippen molar-refractivity contribution in [3.05, 3.63) is 58.0 Å². The predicted molar refractivity (Wildman–Crippen MR) is 128 cm³/mol. The van der Waals surface area contributed by atoms with Crippen molar-refractivity contribution in [1.29, 1.82) is 0 Å². The molecule has 0 spiro atoms. The Bertz CT molecular complexity index is 1190. The molecule has 0 bridgehead atoms. The van der Waals surface area contributed by atoms with Gasteiger partial charge in [-0.2, -0.15) is 0 Å². The average Bonchev–Trinajstić information content (AvgIpc) is 3.03. The van der Waals surface area contributed by atoms with E-state index >= 15 is 0 Å². The van der Waals surface area contributed by atoms with E-state index < -0.39 is 35.7 Å². The number of carbonyl (C=O) groups is 4. The Morgan fingerprint density at radius 1 is 1.15 bits per heavy atom. The van der Waals surface area contributed by atoms with Gasteiger partial charge in [0.05, 0.1) is 12.0 Å². The molecule has 0 aromatic heterocycles. The molecule has 2 aromatic rings. The Kier molecular flexibility index (Phi) is 7.62. The molecule has 3 amide bonds. The molecule has 2 N–H and O–H groups in total. The number of carbonyl (C=O) groups excluding carboxylic acids is 3. The third-order valence-electron chi connectivity index (χ3n) is 4.97. The first-order valence-corrected chi connectivity index (χ1v) is 11.1. The predicted octanol–water partition coefficient (Wildman–Crippen LogP) is 3.84. The second-order valence-corrected chi connectivity index (χ2v) is 8.64. The van der Waals surface area contributed by atoms with Crippen molar-refractivity contribution in [2.75, 3.05) is 19.0 Å². The Morgan fingerprint density at radius 2 is 1.88 bits per heavy atom. The standard InChI is InChI=1S/C24H24N2O7S/c1-13-5-7-17(14(2)9-13)25-21(27)12-26-22(28)20(34-24(26)31)11-16-6-8-18(19(10-16)32-4)33-15(3)23(29)30/h5-11,15H,12H2,1-4H3,(H,25,27)(H,29,30)/b20-11-. The molecule has 1 aliphatic heterocycles. The van der Waals surface area contributed by atoms with Crippen LogP contribution in [0.5, 0.6) is 11.5 Å². The van der Waals surface area contributed by atoms with Crippen LogP contribution in [0.25, 0.3) is 6.08 Å². The number of carboxylic acid groups (broad SMARTS) is 1. The van der Waals surface area contributed by atoms with Gasteiger partial charge in [-0.1, -0.05) is 23.8 Å². The number of nitrogens with one attached hydrogen (secondary N) is 1. The summed E-state index contributed by atoms with van der Waals surface area (Å²) in [6, 6.07) is 10.2. The summed E-state index contributed by atoms with van der Waals surface area (Å²) in [7, 11) is 1.40. The molecule has 1 aliphatic rings. The molecule has 3 rings (SSSR count). The summed E-state index contributed by atoms with van der Waals surface area (Å²) in [5.41, 5.74) is 3.09. The molecule has 0 aliphatic carbocycles. The molecule has 34 heavy (non-hydrogen) atoms. The number of aryl methyl sites for hydroxylation is 2. The highest BCUT2D eigenvalue weighted by Gasteiger charge is 2.36. The fourth-order valence-corrected chi connectivity index (χ4v) is 4.03. The van der Waals surface area contributed by atoms with Gasteiger partial charge in [0.15, 0.2) is 17.6 Å². The van der Waals surface area contributed by atoms with Gasteiger partial charge in [0.2, 0.25) is 5.91 Å². The average molecular weight is 485 g/mol. The molecular formula is C24H24N2O7S. The van der Waals surface area contributed by atoms with Crippen LogP contribution in [0.4, 0.5) is 10.5 Å². The monoisotopic (exact) mass is 484 g/mol. The number of ether oxygens (including phenoxy) is 2. The van der Waals surface area contributed by atoms with Gasteiger partial charge in [-0.15, -0.1) is 0 Å². The maximum absolute atomic E-state index is 12.8. The molecule has 1 fully saturated rings. The highest BCUT2D eigenvalue weighted by Crippen LogP contribution is 2.35. The lowest BCUT2D eigenvalue weighted by Crippen LogP contribution is -2.36. The van der Waals surface area contributed by atoms with Gasteiger partial charge in [0.25, 0.3) is 11.1 Å². The largest absolute Gasteiger partial charge is 0.493 e. The molecule has 1 atom stereocenters. The van der Waals surface area contributed by atoms with E-state index in [0.29, 0.717) is 11.3 Å². The van der Waals surface area contributed by atoms with Crippen molar-refractivity contribution in [2.24, 2.45) is 0 Å². The Hall–Kier alpha value is -3.79. The topological polar surface area (TPSA) is 122 Å². The number of hydrogen-bond acceptors (Lipinski definition) is 7. The van der Waals surface area contributed by atoms with E-state index in [1.165, 1.54) is 26.2 Å². The fraction of sp³-hybridized carbons (Fsp3) is 0.250. The third kappa shape index (κ3) is 5.76. The highest BCUT2D eigenvalue weighted by molar-refractivity contribution is 8.18. The van der Waals surface area contributed by atoms with Gasteiger partial charge >= 0.3 is 5.97 Å². The van der Waals surface area contributed by atoms with Gasteiger partial charge in [0.1, 0.15) is 6.54 Å². The van der Waals surface area contributed by atoms with Crippen molar-refractivity contribution < 1.29 is 33.8 Å². The van der Waals surface area contributed by atoms with Crippen LogP contribution in [-0.2, 0) is 14.4 Å². The number of nitrogens with zero attached hydrogens (tertiary/aromatic N) is 1. The number of imide groups is 1. The van der Waals surface area contributed by atoms with Gasteiger partial charge in [0, 0.05) is 5.69 Å². The number of thioether (sulfide) groups is 1. The first-order chi connectivity index (χ1) is 16.1. The van der Waals surface area contributed by atoms with Crippen LogP contribution in [0, 0.1) is 13.8 Å². The number of aliphatic carboxylic acids is 1. The molecule has 178 valence electrons. The minimum Gasteiger partial charge on any atom is -0.493 e. The van der Waals surface area contributed by atoms with Crippen LogP contribution in [0.1, 0.15) is 23.6 Å². The normalized spacial score (nSPS) is 15.4. The van der Waals surface area contributed by atoms with Crippen molar-refractivity contribution in [2.45, 2.75) is 26.9 Å². The third-order valence-corrected chi connectivity index (χ3v) is 5.88. The minimum atomic E-state index is -1.12. The molecule has 10 heteroatoms. The second kappa shape index (κ2) is 10.4. The number of rotatable bonds is 8. The van der Waals surface area contributed by atoms with Crippen LogP contribution < -0.4 is 14.8 Å². The van der Waals surface area contributed by atoms with Gasteiger partial charge in [-0.25, -0.2) is 4.79 Å². The number of carboxylic acids is 1. The molecule has 1 heterocycles. The van der Waals surface area contributed by atoms with Crippen molar-refractivity contribution in [3.63, 3.8) is 0 Å². The zero-order valence-corrected chi connectivity index (χ0v) is 19.9. The SMILES string of the molecule is COc1cc(/C=C2\SC(=O)N(CC(=O)Nc3ccc(C)cc3C)C2=O)ccc1OC(C)C(=O)O. The lowest BCUT2D eigenvalue weighted by atomic mass is 10.1. The number of hydrogen-bond donors (Lipinski definition) is 2. The molecular weight excluding hydrogens is 460 g/mol. The van der Waals surface area contributed by atoms with Crippen molar-refractivity contribution in [3.8, 4) is 11.5 Å². The number of benzene rings is 2. The summed E-state index contributed by atoms with van der Waals surface area (Å²) in [5.74, 6) is -1.68. The van der Waals surface area contributed by atoms with E-state index in [1.54, 1.807) is 18.2 Å². The summed E-state index contributed by atoms with van der Waals surface area (Å²) in [6.45, 7) is 4.79. The number of methoxy groups -OCH3 is 1. The lowest BCUT2D eigenvalue weighted by Gasteiger charge is -2.14. The van der Waals surface area contributed by atoms with E-state index in [9.17, 15) is 19.2 Å². The second-order valence-electron chi connectivity index (χ2n) is 7.64. The Labute approximate surface area is 200 Å². The summed E-state index contributed by atoms with van der Waals surface area (Å²) >= 11 is 0.731. The highest BCUT2D eigenvalue weighted by atomic mass is 32.2. The van der Waals surface area contributed by atoms with E-state index in [2.05, 4.69) is 5.32 Å². The zero-order chi connectivity index (χ0) is 25.0. The summed E-state index contributed by atoms with van der Waals surface area (Å²) in [5, 5.41) is 11.2. The Morgan fingerprint density at radius 3 is 2.53 bits per heavy atom.